The second-order valence-electron chi connectivity index (χ2n) is 16.8. The van der Waals surface area contributed by atoms with Gasteiger partial charge in [-0.15, -0.1) is 0 Å². The Bertz CT molecular complexity index is 1120. The Morgan fingerprint density at radius 2 is 0.950 bits per heavy atom. The maximum absolute atomic E-state index is 13.1. The minimum absolute atomic E-state index is 0.0511. The van der Waals surface area contributed by atoms with Crippen LogP contribution in [0.4, 0.5) is 0 Å². The minimum atomic E-state index is -0.822. The number of carbonyl (C=O) groups excluding carboxylic acids is 2. The number of hydrogen-bond acceptors (Lipinski definition) is 5. The first-order valence-corrected chi connectivity index (χ1v) is 25.2. The molecule has 3 unspecified atom stereocenters. The van der Waals surface area contributed by atoms with Gasteiger partial charge in [-0.3, -0.25) is 9.59 Å². The lowest BCUT2D eigenvalue weighted by molar-refractivity contribution is -0.148. The van der Waals surface area contributed by atoms with Crippen molar-refractivity contribution < 1.29 is 24.5 Å². The molecule has 0 aliphatic rings. The molecule has 0 radical (unpaired) electrons. The Kier molecular flexibility index (Phi) is 45.2. The number of esters is 1. The predicted octanol–water partition coefficient (Wildman–Crippen LogP) is 15.0. The van der Waals surface area contributed by atoms with Gasteiger partial charge < -0.3 is 20.3 Å². The summed E-state index contributed by atoms with van der Waals surface area (Å²) in [4.78, 5) is 26.0. The summed E-state index contributed by atoms with van der Waals surface area (Å²) < 4.78 is 5.80. The Balaban J connectivity index is 4.68. The van der Waals surface area contributed by atoms with Gasteiger partial charge in [0.1, 0.15) is 6.10 Å². The van der Waals surface area contributed by atoms with Crippen molar-refractivity contribution >= 4 is 11.9 Å². The van der Waals surface area contributed by atoms with Crippen LogP contribution in [0.1, 0.15) is 233 Å². The van der Waals surface area contributed by atoms with Crippen molar-refractivity contribution in [1.82, 2.24) is 5.32 Å². The lowest BCUT2D eigenvalue weighted by atomic mass is 10.0. The van der Waals surface area contributed by atoms with Crippen LogP contribution in [0.25, 0.3) is 0 Å². The summed E-state index contributed by atoms with van der Waals surface area (Å²) in [5, 5.41) is 23.7. The van der Waals surface area contributed by atoms with Crippen LogP contribution in [0.5, 0.6) is 0 Å². The summed E-state index contributed by atoms with van der Waals surface area (Å²) in [5.74, 6) is -0.642. The van der Waals surface area contributed by atoms with Crippen molar-refractivity contribution in [2.75, 3.05) is 6.61 Å². The van der Waals surface area contributed by atoms with Crippen molar-refractivity contribution in [3.05, 3.63) is 72.9 Å². The maximum atomic E-state index is 13.1. The van der Waals surface area contributed by atoms with E-state index in [1.165, 1.54) is 109 Å². The van der Waals surface area contributed by atoms with Crippen LogP contribution in [0.15, 0.2) is 72.9 Å². The highest BCUT2D eigenvalue weighted by molar-refractivity contribution is 5.78. The fourth-order valence-electron chi connectivity index (χ4n) is 7.20. The molecule has 0 saturated carbocycles. The van der Waals surface area contributed by atoms with Crippen molar-refractivity contribution in [1.29, 1.82) is 0 Å². The van der Waals surface area contributed by atoms with Crippen LogP contribution < -0.4 is 5.32 Å². The molecule has 0 rings (SSSR count). The van der Waals surface area contributed by atoms with Gasteiger partial charge in [0.05, 0.1) is 25.2 Å². The summed E-state index contributed by atoms with van der Waals surface area (Å²) in [5.41, 5.74) is 0. The highest BCUT2D eigenvalue weighted by Crippen LogP contribution is 2.16. The molecule has 0 heterocycles. The number of rotatable bonds is 44. The monoisotopic (exact) mass is 838 g/mol. The van der Waals surface area contributed by atoms with Crippen LogP contribution in [-0.2, 0) is 14.3 Å². The van der Waals surface area contributed by atoms with Crippen LogP contribution in [0, 0.1) is 0 Å². The highest BCUT2D eigenvalue weighted by Gasteiger charge is 2.23. The number of nitrogens with one attached hydrogen (secondary N) is 1. The van der Waals surface area contributed by atoms with Gasteiger partial charge in [0.15, 0.2) is 0 Å². The van der Waals surface area contributed by atoms with Crippen LogP contribution >= 0.6 is 0 Å². The molecule has 0 aromatic carbocycles. The first kappa shape index (κ1) is 57.3. The number of ether oxygens (including phenoxy) is 1. The molecule has 0 saturated heterocycles. The number of amides is 1. The maximum Gasteiger partial charge on any atom is 0.306 e. The highest BCUT2D eigenvalue weighted by atomic mass is 16.5. The van der Waals surface area contributed by atoms with Gasteiger partial charge in [0.2, 0.25) is 5.91 Å². The molecule has 0 bridgehead atoms. The van der Waals surface area contributed by atoms with Crippen LogP contribution in [0.2, 0.25) is 0 Å². The smallest absolute Gasteiger partial charge is 0.306 e. The molecular formula is C54H95NO5. The van der Waals surface area contributed by atoms with Gasteiger partial charge in [0, 0.05) is 6.42 Å². The molecule has 0 aromatic heterocycles. The zero-order chi connectivity index (χ0) is 43.8. The minimum Gasteiger partial charge on any atom is -0.458 e. The van der Waals surface area contributed by atoms with E-state index in [2.05, 4.69) is 86.8 Å². The SMILES string of the molecule is CC/C=C/C/C=C/C/C=C/C/C=C/C/C=C/C(CC(=O)NC(CO)C(O)CCCCCCCCCCCCCCCCCC)OC(=O)CCCCCCC/C=C\CCCC. The van der Waals surface area contributed by atoms with Gasteiger partial charge in [-0.1, -0.05) is 222 Å². The molecule has 0 aromatic rings. The Morgan fingerprint density at radius 3 is 1.45 bits per heavy atom. The molecule has 0 aliphatic carbocycles. The van der Waals surface area contributed by atoms with Gasteiger partial charge >= 0.3 is 5.97 Å². The fourth-order valence-corrected chi connectivity index (χ4v) is 7.20. The van der Waals surface area contributed by atoms with E-state index in [1.807, 2.05) is 6.08 Å². The first-order chi connectivity index (χ1) is 29.5. The molecule has 60 heavy (non-hydrogen) atoms. The topological polar surface area (TPSA) is 95.9 Å². The average molecular weight is 838 g/mol. The lowest BCUT2D eigenvalue weighted by Gasteiger charge is -2.23. The van der Waals surface area contributed by atoms with E-state index in [4.69, 9.17) is 4.74 Å². The van der Waals surface area contributed by atoms with Crippen molar-refractivity contribution in [2.24, 2.45) is 0 Å². The van der Waals surface area contributed by atoms with E-state index in [-0.39, 0.29) is 24.9 Å². The zero-order valence-electron chi connectivity index (χ0n) is 39.3. The van der Waals surface area contributed by atoms with Crippen LogP contribution in [-0.4, -0.2) is 46.9 Å². The molecule has 3 N–H and O–H groups in total. The third kappa shape index (κ3) is 42.0. The quantitative estimate of drug-likeness (QED) is 0.0323. The number of allylic oxidation sites excluding steroid dienone is 11. The van der Waals surface area contributed by atoms with Gasteiger partial charge in [-0.25, -0.2) is 0 Å². The number of aliphatic hydroxyl groups excluding tert-OH is 2. The molecule has 346 valence electrons. The summed E-state index contributed by atoms with van der Waals surface area (Å²) in [6.45, 7) is 6.29. The first-order valence-electron chi connectivity index (χ1n) is 25.2. The fraction of sp³-hybridized carbons (Fsp3) is 0.741. The normalized spacial score (nSPS) is 13.9. The molecule has 0 spiro atoms. The number of carbonyl (C=O) groups is 2. The van der Waals surface area contributed by atoms with E-state index < -0.39 is 18.2 Å². The van der Waals surface area contributed by atoms with E-state index in [9.17, 15) is 19.8 Å². The van der Waals surface area contributed by atoms with Crippen molar-refractivity contribution in [3.63, 3.8) is 0 Å². The van der Waals surface area contributed by atoms with Gasteiger partial charge in [-0.05, 0) is 70.3 Å². The molecule has 6 nitrogen and oxygen atoms in total. The summed E-state index contributed by atoms with van der Waals surface area (Å²) in [6.07, 6.45) is 59.9. The molecule has 3 atom stereocenters. The number of hydrogen-bond donors (Lipinski definition) is 3. The zero-order valence-corrected chi connectivity index (χ0v) is 39.3. The van der Waals surface area contributed by atoms with Gasteiger partial charge in [0.25, 0.3) is 0 Å². The van der Waals surface area contributed by atoms with Crippen molar-refractivity contribution in [2.45, 2.75) is 251 Å². The molecule has 0 aliphatic heterocycles. The van der Waals surface area contributed by atoms with E-state index in [0.29, 0.717) is 19.3 Å². The molecule has 0 fully saturated rings. The number of aliphatic hydroxyl groups is 2. The second-order valence-corrected chi connectivity index (χ2v) is 16.8. The lowest BCUT2D eigenvalue weighted by Crippen LogP contribution is -2.46. The molecular weight excluding hydrogens is 743 g/mol. The van der Waals surface area contributed by atoms with Crippen LogP contribution in [0.3, 0.4) is 0 Å². The Hall–Kier alpha value is -2.70. The third-order valence-electron chi connectivity index (χ3n) is 11.0. The average Bonchev–Trinajstić information content (AvgIpc) is 3.24. The van der Waals surface area contributed by atoms with Gasteiger partial charge in [-0.2, -0.15) is 0 Å². The van der Waals surface area contributed by atoms with E-state index >= 15 is 0 Å². The third-order valence-corrected chi connectivity index (χ3v) is 11.0. The largest absolute Gasteiger partial charge is 0.458 e. The summed E-state index contributed by atoms with van der Waals surface area (Å²) >= 11 is 0. The predicted molar refractivity (Wildman–Crippen MR) is 259 cm³/mol. The second kappa shape index (κ2) is 47.4. The Morgan fingerprint density at radius 1 is 0.517 bits per heavy atom. The summed E-state index contributed by atoms with van der Waals surface area (Å²) in [7, 11) is 0. The van der Waals surface area contributed by atoms with E-state index in [1.54, 1.807) is 6.08 Å². The Labute approximate surface area is 371 Å². The van der Waals surface area contributed by atoms with E-state index in [0.717, 1.165) is 77.0 Å². The molecule has 6 heteroatoms. The molecule has 1 amide bonds. The number of unbranched alkanes of at least 4 members (excludes halogenated alkanes) is 22. The van der Waals surface area contributed by atoms with Crippen molar-refractivity contribution in [3.8, 4) is 0 Å². The standard InChI is InChI=1S/C54H95NO5/c1-4-7-10-13-16-19-22-24-26-27-29-32-34-37-40-43-46-52(57)51(49-56)55-53(58)48-50(45-42-39-36-33-31-28-25-23-20-17-14-11-8-5-2)60-54(59)47-44-41-38-35-30-21-18-15-12-9-6-3/h8,11,15,17-18,20,25,28,33,36,42,45,50-52,56-57H,4-7,9-10,12-14,16,19,21-24,26-27,29-32,34-35,37-41,43-44,46-49H2,1-3H3,(H,55,58)/b11-8+,18-15-,20-17+,28-25+,36-33+,45-42+. The summed E-state index contributed by atoms with van der Waals surface area (Å²) in [6, 6.07) is -0.745.